The van der Waals surface area contributed by atoms with Crippen LogP contribution in [-0.4, -0.2) is 36.6 Å². The van der Waals surface area contributed by atoms with Crippen LogP contribution in [0.2, 0.25) is 0 Å². The van der Waals surface area contributed by atoms with E-state index in [-0.39, 0.29) is 0 Å². The Kier molecular flexibility index (Phi) is 4.84. The van der Waals surface area contributed by atoms with E-state index in [1.807, 2.05) is 0 Å². The fraction of sp³-hybridized carbons (Fsp3) is 0.750. The van der Waals surface area contributed by atoms with E-state index < -0.39 is 36.6 Å². The highest BCUT2D eigenvalue weighted by Gasteiger charge is 2.63. The molecule has 0 aromatic carbocycles. The number of carbonyl (C=O) groups excluding carboxylic acids is 2. The highest BCUT2D eigenvalue weighted by Crippen LogP contribution is 2.35. The maximum absolute atomic E-state index is 12.3. The molecule has 0 unspecified atom stereocenters. The van der Waals surface area contributed by atoms with E-state index >= 15 is 0 Å². The van der Waals surface area contributed by atoms with Crippen LogP contribution in [-0.2, 0) is 14.3 Å². The van der Waals surface area contributed by atoms with Crippen molar-refractivity contribution < 1.29 is 36.3 Å². The van der Waals surface area contributed by atoms with Gasteiger partial charge in [0, 0.05) is 0 Å². The van der Waals surface area contributed by atoms with Crippen molar-refractivity contribution >= 4 is 11.9 Å². The van der Waals surface area contributed by atoms with Crippen molar-refractivity contribution in [2.45, 2.75) is 32.1 Å². The van der Waals surface area contributed by atoms with Gasteiger partial charge in [-0.15, -0.1) is 0 Å². The molecular formula is C8H10F5NO3. The molecule has 0 spiro atoms. The number of hydrogen-bond acceptors (Lipinski definition) is 3. The third-order valence-electron chi connectivity index (χ3n) is 1.40. The number of nitrogens with one attached hydrogen (secondary N) is 1. The predicted molar refractivity (Wildman–Crippen MR) is 45.2 cm³/mol. The Morgan fingerprint density at radius 2 is 1.65 bits per heavy atom. The van der Waals surface area contributed by atoms with Crippen LogP contribution in [0.1, 0.15) is 13.8 Å². The van der Waals surface area contributed by atoms with E-state index in [2.05, 4.69) is 4.74 Å². The molecule has 4 nitrogen and oxygen atoms in total. The van der Waals surface area contributed by atoms with E-state index in [1.54, 1.807) is 0 Å². The topological polar surface area (TPSA) is 55.4 Å². The molecule has 0 aliphatic heterocycles. The first-order chi connectivity index (χ1) is 7.48. The van der Waals surface area contributed by atoms with Crippen molar-refractivity contribution in [1.82, 2.24) is 5.32 Å². The van der Waals surface area contributed by atoms with Crippen molar-refractivity contribution in [2.24, 2.45) is 0 Å². The third kappa shape index (κ3) is 4.53. The number of carbonyl (C=O) groups is 2. The molecule has 0 aliphatic carbocycles. The summed E-state index contributed by atoms with van der Waals surface area (Å²) >= 11 is 0. The standard InChI is InChI=1S/C8H10F5NO3/c1-4(2)17-5(15)3-14-6(16)7(9,10)8(11,12)13/h4H,3H2,1-2H3,(H,14,16). The Balaban J connectivity index is 4.33. The minimum absolute atomic E-state index is 0.567. The molecule has 0 atom stereocenters. The van der Waals surface area contributed by atoms with Crippen LogP contribution in [0, 0.1) is 0 Å². The lowest BCUT2D eigenvalue weighted by Gasteiger charge is -2.18. The summed E-state index contributed by atoms with van der Waals surface area (Å²) in [5.74, 6) is -9.23. The Bertz CT molecular complexity index is 300. The Hall–Kier alpha value is -1.41. The molecule has 0 saturated carbocycles. The summed E-state index contributed by atoms with van der Waals surface area (Å²) in [5, 5.41) is 1.15. The summed E-state index contributed by atoms with van der Waals surface area (Å²) in [6, 6.07) is 0. The molecule has 17 heavy (non-hydrogen) atoms. The molecule has 1 amide bonds. The SMILES string of the molecule is CC(C)OC(=O)CNC(=O)C(F)(F)C(F)(F)F. The van der Waals surface area contributed by atoms with E-state index in [0.29, 0.717) is 0 Å². The molecule has 9 heteroatoms. The van der Waals surface area contributed by atoms with Crippen molar-refractivity contribution in [3.8, 4) is 0 Å². The van der Waals surface area contributed by atoms with Gasteiger partial charge in [0.1, 0.15) is 6.54 Å². The highest BCUT2D eigenvalue weighted by atomic mass is 19.4. The average molecular weight is 263 g/mol. The fourth-order valence-electron chi connectivity index (χ4n) is 0.697. The number of halogens is 5. The number of amides is 1. The zero-order valence-corrected chi connectivity index (χ0v) is 8.90. The van der Waals surface area contributed by atoms with Gasteiger partial charge in [-0.05, 0) is 13.8 Å². The molecule has 0 bridgehead atoms. The zero-order valence-electron chi connectivity index (χ0n) is 8.90. The van der Waals surface area contributed by atoms with Crippen LogP contribution in [0.5, 0.6) is 0 Å². The molecule has 0 rings (SSSR count). The first kappa shape index (κ1) is 15.6. The van der Waals surface area contributed by atoms with Gasteiger partial charge in [-0.1, -0.05) is 0 Å². The highest BCUT2D eigenvalue weighted by molar-refractivity contribution is 5.87. The quantitative estimate of drug-likeness (QED) is 0.613. The van der Waals surface area contributed by atoms with Crippen LogP contribution in [0.4, 0.5) is 22.0 Å². The van der Waals surface area contributed by atoms with Crippen molar-refractivity contribution in [3.63, 3.8) is 0 Å². The minimum Gasteiger partial charge on any atom is -0.462 e. The first-order valence-electron chi connectivity index (χ1n) is 4.40. The Morgan fingerprint density at radius 3 is 2.00 bits per heavy atom. The number of hydrogen-bond donors (Lipinski definition) is 1. The van der Waals surface area contributed by atoms with Crippen LogP contribution in [0.15, 0.2) is 0 Å². The van der Waals surface area contributed by atoms with Crippen LogP contribution < -0.4 is 5.32 Å². The smallest absolute Gasteiger partial charge is 0.462 e. The number of rotatable bonds is 4. The van der Waals surface area contributed by atoms with Crippen LogP contribution >= 0.6 is 0 Å². The number of ether oxygens (including phenoxy) is 1. The van der Waals surface area contributed by atoms with Crippen molar-refractivity contribution in [2.75, 3.05) is 6.54 Å². The van der Waals surface area contributed by atoms with Gasteiger partial charge in [-0.2, -0.15) is 22.0 Å². The largest absolute Gasteiger partial charge is 0.463 e. The second-order valence-electron chi connectivity index (χ2n) is 3.29. The predicted octanol–water partition coefficient (Wildman–Crippen LogP) is 1.25. The summed E-state index contributed by atoms with van der Waals surface area (Å²) in [4.78, 5) is 21.3. The van der Waals surface area contributed by atoms with Crippen LogP contribution in [0.25, 0.3) is 0 Å². The summed E-state index contributed by atoms with van der Waals surface area (Å²) in [5.41, 5.74) is 0. The molecule has 100 valence electrons. The van der Waals surface area contributed by atoms with Gasteiger partial charge in [-0.25, -0.2) is 0 Å². The fourth-order valence-corrected chi connectivity index (χ4v) is 0.697. The average Bonchev–Trinajstić information content (AvgIpc) is 2.10. The summed E-state index contributed by atoms with van der Waals surface area (Å²) < 4.78 is 64.2. The van der Waals surface area contributed by atoms with Crippen LogP contribution in [0.3, 0.4) is 0 Å². The van der Waals surface area contributed by atoms with Gasteiger partial charge in [-0.3, -0.25) is 9.59 Å². The number of alkyl halides is 5. The van der Waals surface area contributed by atoms with E-state index in [0.717, 1.165) is 5.32 Å². The molecule has 0 radical (unpaired) electrons. The normalized spacial score (nSPS) is 12.5. The first-order valence-corrected chi connectivity index (χ1v) is 4.40. The maximum Gasteiger partial charge on any atom is 0.463 e. The second-order valence-corrected chi connectivity index (χ2v) is 3.29. The lowest BCUT2D eigenvalue weighted by molar-refractivity contribution is -0.269. The minimum atomic E-state index is -6.00. The molecular weight excluding hydrogens is 253 g/mol. The maximum atomic E-state index is 12.3. The van der Waals surface area contributed by atoms with Crippen molar-refractivity contribution in [3.05, 3.63) is 0 Å². The van der Waals surface area contributed by atoms with E-state index in [1.165, 1.54) is 13.8 Å². The van der Waals surface area contributed by atoms with Crippen molar-refractivity contribution in [1.29, 1.82) is 0 Å². The summed E-state index contributed by atoms with van der Waals surface area (Å²) in [7, 11) is 0. The van der Waals surface area contributed by atoms with Gasteiger partial charge < -0.3 is 10.1 Å². The molecule has 0 aromatic heterocycles. The molecule has 0 heterocycles. The second kappa shape index (κ2) is 5.28. The Morgan fingerprint density at radius 1 is 1.18 bits per heavy atom. The van der Waals surface area contributed by atoms with Gasteiger partial charge in [0.05, 0.1) is 6.10 Å². The van der Waals surface area contributed by atoms with E-state index in [4.69, 9.17) is 0 Å². The molecule has 0 aliphatic rings. The zero-order chi connectivity index (χ0) is 13.9. The lowest BCUT2D eigenvalue weighted by atomic mass is 10.3. The molecule has 1 N–H and O–H groups in total. The van der Waals surface area contributed by atoms with Gasteiger partial charge in [0.15, 0.2) is 0 Å². The molecule has 0 saturated heterocycles. The summed E-state index contributed by atoms with van der Waals surface area (Å²) in [6.07, 6.45) is -6.57. The monoisotopic (exact) mass is 263 g/mol. The Labute approximate surface area is 93.1 Å². The lowest BCUT2D eigenvalue weighted by Crippen LogP contribution is -2.51. The third-order valence-corrected chi connectivity index (χ3v) is 1.40. The van der Waals surface area contributed by atoms with Gasteiger partial charge in [0.25, 0.3) is 0 Å². The summed E-state index contributed by atoms with van der Waals surface area (Å²) in [6.45, 7) is 1.84. The molecule has 0 fully saturated rings. The van der Waals surface area contributed by atoms with E-state index in [9.17, 15) is 31.5 Å². The van der Waals surface area contributed by atoms with Gasteiger partial charge in [0.2, 0.25) is 0 Å². The van der Waals surface area contributed by atoms with Gasteiger partial charge >= 0.3 is 24.0 Å². The molecule has 0 aromatic rings. The number of esters is 1.